The zero-order chi connectivity index (χ0) is 22.8. The molecule has 0 atom stereocenters. The number of halogens is 1. The van der Waals surface area contributed by atoms with Gasteiger partial charge in [0.25, 0.3) is 5.91 Å². The van der Waals surface area contributed by atoms with Gasteiger partial charge < -0.3 is 5.32 Å². The SMILES string of the molecule is Cn1ncc(-c2cnc3cnc(NC(=O)c4ccc(F)cc4)cc3c2)c1CN1CCCCC1. The molecular weight excluding hydrogens is 419 g/mol. The fourth-order valence-corrected chi connectivity index (χ4v) is 4.26. The number of carbonyl (C=O) groups excluding carboxylic acids is 1. The lowest BCUT2D eigenvalue weighted by Crippen LogP contribution is -2.30. The predicted octanol–water partition coefficient (Wildman–Crippen LogP) is 4.41. The van der Waals surface area contributed by atoms with Crippen LogP contribution in [0.2, 0.25) is 0 Å². The maximum atomic E-state index is 13.1. The average Bonchev–Trinajstić information content (AvgIpc) is 3.19. The van der Waals surface area contributed by atoms with Gasteiger partial charge in [-0.2, -0.15) is 5.10 Å². The minimum atomic E-state index is -0.385. The molecule has 1 N–H and O–H groups in total. The molecule has 4 heterocycles. The predicted molar refractivity (Wildman–Crippen MR) is 125 cm³/mol. The van der Waals surface area contributed by atoms with Crippen LogP contribution in [-0.2, 0) is 13.6 Å². The number of nitrogens with zero attached hydrogens (tertiary/aromatic N) is 5. The number of benzene rings is 1. The van der Waals surface area contributed by atoms with Crippen LogP contribution < -0.4 is 5.32 Å². The first-order valence-electron chi connectivity index (χ1n) is 11.1. The number of anilines is 1. The Balaban J connectivity index is 1.41. The second kappa shape index (κ2) is 9.07. The highest BCUT2D eigenvalue weighted by atomic mass is 19.1. The van der Waals surface area contributed by atoms with Gasteiger partial charge in [-0.25, -0.2) is 9.37 Å². The zero-order valence-electron chi connectivity index (χ0n) is 18.5. The fourth-order valence-electron chi connectivity index (χ4n) is 4.26. The molecule has 0 bridgehead atoms. The summed E-state index contributed by atoms with van der Waals surface area (Å²) in [6.07, 6.45) is 9.15. The van der Waals surface area contributed by atoms with Crippen LogP contribution in [-0.4, -0.2) is 43.6 Å². The molecule has 0 unspecified atom stereocenters. The number of nitrogens with one attached hydrogen (secondary N) is 1. The number of hydrogen-bond acceptors (Lipinski definition) is 5. The van der Waals surface area contributed by atoms with E-state index in [0.717, 1.165) is 47.4 Å². The van der Waals surface area contributed by atoms with Gasteiger partial charge in [-0.1, -0.05) is 6.42 Å². The van der Waals surface area contributed by atoms with Gasteiger partial charge in [0.05, 0.1) is 23.6 Å². The molecule has 168 valence electrons. The lowest BCUT2D eigenvalue weighted by molar-refractivity contribution is 0.102. The van der Waals surface area contributed by atoms with Crippen molar-refractivity contribution in [2.24, 2.45) is 7.05 Å². The summed E-state index contributed by atoms with van der Waals surface area (Å²) in [6.45, 7) is 3.09. The van der Waals surface area contributed by atoms with Crippen molar-refractivity contribution in [3.05, 3.63) is 72.1 Å². The van der Waals surface area contributed by atoms with Gasteiger partial charge in [-0.3, -0.25) is 19.4 Å². The Morgan fingerprint density at radius 1 is 1.03 bits per heavy atom. The Morgan fingerprint density at radius 3 is 2.61 bits per heavy atom. The van der Waals surface area contributed by atoms with E-state index in [1.807, 2.05) is 30.2 Å². The molecule has 0 saturated carbocycles. The Bertz CT molecular complexity index is 1290. The summed E-state index contributed by atoms with van der Waals surface area (Å²) >= 11 is 0. The van der Waals surface area contributed by atoms with E-state index >= 15 is 0 Å². The third-order valence-corrected chi connectivity index (χ3v) is 6.11. The highest BCUT2D eigenvalue weighted by Gasteiger charge is 2.17. The van der Waals surface area contributed by atoms with Crippen LogP contribution in [0.4, 0.5) is 10.2 Å². The van der Waals surface area contributed by atoms with Crippen molar-refractivity contribution >= 4 is 22.6 Å². The maximum Gasteiger partial charge on any atom is 0.256 e. The molecule has 5 rings (SSSR count). The second-order valence-electron chi connectivity index (χ2n) is 8.41. The topological polar surface area (TPSA) is 75.9 Å². The van der Waals surface area contributed by atoms with Gasteiger partial charge in [0, 0.05) is 41.9 Å². The molecule has 3 aromatic heterocycles. The van der Waals surface area contributed by atoms with Crippen LogP contribution >= 0.6 is 0 Å². The van der Waals surface area contributed by atoms with Crippen molar-refractivity contribution in [2.75, 3.05) is 18.4 Å². The number of likely N-dealkylation sites (tertiary alicyclic amines) is 1. The Morgan fingerprint density at radius 2 is 1.82 bits per heavy atom. The molecule has 1 aromatic carbocycles. The highest BCUT2D eigenvalue weighted by Crippen LogP contribution is 2.28. The Labute approximate surface area is 191 Å². The van der Waals surface area contributed by atoms with Gasteiger partial charge in [0.2, 0.25) is 0 Å². The van der Waals surface area contributed by atoms with Gasteiger partial charge in [-0.15, -0.1) is 0 Å². The van der Waals surface area contributed by atoms with Crippen LogP contribution in [0.25, 0.3) is 22.0 Å². The normalized spacial score (nSPS) is 14.5. The van der Waals surface area contributed by atoms with Gasteiger partial charge >= 0.3 is 0 Å². The summed E-state index contributed by atoms with van der Waals surface area (Å²) in [5.41, 5.74) is 4.30. The van der Waals surface area contributed by atoms with Crippen molar-refractivity contribution in [3.8, 4) is 11.1 Å². The largest absolute Gasteiger partial charge is 0.307 e. The smallest absolute Gasteiger partial charge is 0.256 e. The van der Waals surface area contributed by atoms with Crippen molar-refractivity contribution in [1.29, 1.82) is 0 Å². The minimum absolute atomic E-state index is 0.345. The minimum Gasteiger partial charge on any atom is -0.307 e. The molecule has 1 aliphatic rings. The van der Waals surface area contributed by atoms with Crippen LogP contribution in [0.3, 0.4) is 0 Å². The molecule has 0 spiro atoms. The molecule has 4 aromatic rings. The maximum absolute atomic E-state index is 13.1. The number of piperidine rings is 1. The zero-order valence-corrected chi connectivity index (χ0v) is 18.5. The van der Waals surface area contributed by atoms with Crippen LogP contribution in [0.5, 0.6) is 0 Å². The van der Waals surface area contributed by atoms with E-state index < -0.39 is 0 Å². The van der Waals surface area contributed by atoms with Gasteiger partial charge in [0.1, 0.15) is 11.6 Å². The van der Waals surface area contributed by atoms with E-state index in [0.29, 0.717) is 11.4 Å². The average molecular weight is 445 g/mol. The summed E-state index contributed by atoms with van der Waals surface area (Å²) in [7, 11) is 1.98. The first kappa shape index (κ1) is 21.2. The lowest BCUT2D eigenvalue weighted by Gasteiger charge is -2.26. The van der Waals surface area contributed by atoms with E-state index in [1.165, 1.54) is 43.5 Å². The lowest BCUT2D eigenvalue weighted by atomic mass is 10.1. The van der Waals surface area contributed by atoms with E-state index in [9.17, 15) is 9.18 Å². The van der Waals surface area contributed by atoms with E-state index in [-0.39, 0.29) is 11.7 Å². The van der Waals surface area contributed by atoms with E-state index in [2.05, 4.69) is 25.3 Å². The van der Waals surface area contributed by atoms with E-state index in [4.69, 9.17) is 0 Å². The highest BCUT2D eigenvalue weighted by molar-refractivity contribution is 6.04. The Kier molecular flexibility index (Phi) is 5.83. The van der Waals surface area contributed by atoms with Crippen molar-refractivity contribution in [3.63, 3.8) is 0 Å². The standard InChI is InChI=1S/C25H25FN6O/c1-31-23(16-32-9-3-2-4-10-32)21(14-29-31)19-11-18-12-24(28-15-22(18)27-13-19)30-25(33)17-5-7-20(26)8-6-17/h5-8,11-15H,2-4,9-10,16H2,1H3,(H,28,30,33). The molecule has 1 amide bonds. The van der Waals surface area contributed by atoms with Crippen LogP contribution in [0, 0.1) is 5.82 Å². The summed E-state index contributed by atoms with van der Waals surface area (Å²) in [5.74, 6) is -0.318. The number of hydrogen-bond donors (Lipinski definition) is 1. The molecular formula is C25H25FN6O. The number of rotatable bonds is 5. The summed E-state index contributed by atoms with van der Waals surface area (Å²) in [5, 5.41) is 8.14. The van der Waals surface area contributed by atoms with Crippen molar-refractivity contribution in [2.45, 2.75) is 25.8 Å². The second-order valence-corrected chi connectivity index (χ2v) is 8.41. The quantitative estimate of drug-likeness (QED) is 0.494. The number of aryl methyl sites for hydroxylation is 1. The molecule has 1 fully saturated rings. The summed E-state index contributed by atoms with van der Waals surface area (Å²) in [6, 6.07) is 9.25. The number of amides is 1. The first-order chi connectivity index (χ1) is 16.1. The molecule has 0 aliphatic carbocycles. The van der Waals surface area contributed by atoms with Gasteiger partial charge in [0.15, 0.2) is 0 Å². The number of aromatic nitrogens is 4. The van der Waals surface area contributed by atoms with Crippen molar-refractivity contribution < 1.29 is 9.18 Å². The van der Waals surface area contributed by atoms with Crippen LogP contribution in [0.15, 0.2) is 55.0 Å². The summed E-state index contributed by atoms with van der Waals surface area (Å²) < 4.78 is 15.1. The van der Waals surface area contributed by atoms with Crippen molar-refractivity contribution in [1.82, 2.24) is 24.6 Å². The number of carbonyl (C=O) groups is 1. The number of pyridine rings is 2. The molecule has 0 radical (unpaired) electrons. The van der Waals surface area contributed by atoms with Crippen LogP contribution in [0.1, 0.15) is 35.3 Å². The Hall–Kier alpha value is -3.65. The fraction of sp³-hybridized carbons (Fsp3) is 0.280. The molecule has 7 nitrogen and oxygen atoms in total. The molecule has 8 heteroatoms. The monoisotopic (exact) mass is 444 g/mol. The molecule has 33 heavy (non-hydrogen) atoms. The molecule has 1 aliphatic heterocycles. The van der Waals surface area contributed by atoms with Gasteiger partial charge in [-0.05, 0) is 62.3 Å². The first-order valence-corrected chi connectivity index (χ1v) is 11.1. The molecule has 1 saturated heterocycles. The number of fused-ring (bicyclic) bond motifs is 1. The third-order valence-electron chi connectivity index (χ3n) is 6.11. The summed E-state index contributed by atoms with van der Waals surface area (Å²) in [4.78, 5) is 23.8. The third kappa shape index (κ3) is 4.61. The van der Waals surface area contributed by atoms with E-state index in [1.54, 1.807) is 12.3 Å².